The molecule has 0 saturated heterocycles. The average molecular weight is 444 g/mol. The van der Waals surface area contributed by atoms with Gasteiger partial charge in [-0.2, -0.15) is 0 Å². The molecule has 1 aliphatic carbocycles. The number of nitrogens with one attached hydrogen (secondary N) is 1. The highest BCUT2D eigenvalue weighted by Gasteiger charge is 2.24. The molecule has 0 aliphatic heterocycles. The fourth-order valence-corrected chi connectivity index (χ4v) is 3.86. The van der Waals surface area contributed by atoms with Crippen LogP contribution < -0.4 is 5.32 Å². The fourth-order valence-electron chi connectivity index (χ4n) is 3.86. The number of rotatable bonds is 4. The van der Waals surface area contributed by atoms with Gasteiger partial charge in [0.1, 0.15) is 17.5 Å². The number of hydrogen-bond acceptors (Lipinski definition) is 5. The van der Waals surface area contributed by atoms with Crippen LogP contribution in [-0.2, 0) is 22.4 Å². The van der Waals surface area contributed by atoms with E-state index in [0.717, 1.165) is 22.3 Å². The summed E-state index contributed by atoms with van der Waals surface area (Å²) in [6, 6.07) is 15.2. The van der Waals surface area contributed by atoms with Gasteiger partial charge in [0.15, 0.2) is 0 Å². The lowest BCUT2D eigenvalue weighted by molar-refractivity contribution is -0.142. The standard InChI is InChI=1S/C26H24N2O5/c1-16-24(27-26(31)32-17(2)19-6-4-3-5-7-19)23(33-28-16)13-9-18-8-10-21-15-22(25(29)30)12-11-20(21)14-18/h3-8,10,14,17,22H,11-12,15H2,1-2H3,(H,27,31)(H,29,30). The van der Waals surface area contributed by atoms with Crippen molar-refractivity contribution in [2.45, 2.75) is 39.2 Å². The largest absolute Gasteiger partial charge is 0.481 e. The molecule has 0 fully saturated rings. The summed E-state index contributed by atoms with van der Waals surface area (Å²) in [6.45, 7) is 3.51. The van der Waals surface area contributed by atoms with Crippen molar-refractivity contribution < 1.29 is 24.0 Å². The van der Waals surface area contributed by atoms with E-state index < -0.39 is 18.2 Å². The third-order valence-electron chi connectivity index (χ3n) is 5.75. The van der Waals surface area contributed by atoms with Gasteiger partial charge < -0.3 is 14.4 Å². The highest BCUT2D eigenvalue weighted by Crippen LogP contribution is 2.27. The lowest BCUT2D eigenvalue weighted by Gasteiger charge is -2.21. The zero-order chi connectivity index (χ0) is 23.4. The van der Waals surface area contributed by atoms with Crippen molar-refractivity contribution in [3.8, 4) is 11.8 Å². The van der Waals surface area contributed by atoms with E-state index >= 15 is 0 Å². The van der Waals surface area contributed by atoms with Crippen molar-refractivity contribution in [3.05, 3.63) is 82.2 Å². The van der Waals surface area contributed by atoms with Gasteiger partial charge in [-0.1, -0.05) is 47.5 Å². The molecule has 0 bridgehead atoms. The third kappa shape index (κ3) is 5.24. The van der Waals surface area contributed by atoms with Crippen molar-refractivity contribution in [3.63, 3.8) is 0 Å². The smallest absolute Gasteiger partial charge is 0.412 e. The quantitative estimate of drug-likeness (QED) is 0.556. The van der Waals surface area contributed by atoms with E-state index in [4.69, 9.17) is 9.26 Å². The Kier molecular flexibility index (Phi) is 6.45. The van der Waals surface area contributed by atoms with Crippen LogP contribution in [0.15, 0.2) is 53.1 Å². The summed E-state index contributed by atoms with van der Waals surface area (Å²) in [4.78, 5) is 23.7. The van der Waals surface area contributed by atoms with Crippen LogP contribution in [0.2, 0.25) is 0 Å². The highest BCUT2D eigenvalue weighted by atomic mass is 16.6. The maximum absolute atomic E-state index is 12.4. The molecule has 0 spiro atoms. The Balaban J connectivity index is 1.46. The molecule has 1 aliphatic rings. The Bertz CT molecular complexity index is 1240. The van der Waals surface area contributed by atoms with Crippen LogP contribution in [0.25, 0.3) is 0 Å². The second-order valence-corrected chi connectivity index (χ2v) is 8.07. The third-order valence-corrected chi connectivity index (χ3v) is 5.75. The lowest BCUT2D eigenvalue weighted by atomic mass is 9.83. The number of carboxylic acid groups (broad SMARTS) is 1. The lowest BCUT2D eigenvalue weighted by Crippen LogP contribution is -2.22. The van der Waals surface area contributed by atoms with Gasteiger partial charge in [-0.05, 0) is 67.9 Å². The zero-order valence-corrected chi connectivity index (χ0v) is 18.4. The topological polar surface area (TPSA) is 102 Å². The van der Waals surface area contributed by atoms with Crippen molar-refractivity contribution in [2.24, 2.45) is 5.92 Å². The van der Waals surface area contributed by atoms with E-state index in [-0.39, 0.29) is 11.7 Å². The predicted molar refractivity (Wildman–Crippen MR) is 122 cm³/mol. The van der Waals surface area contributed by atoms with Gasteiger partial charge in [0.25, 0.3) is 0 Å². The number of ether oxygens (including phenoxy) is 1. The monoisotopic (exact) mass is 444 g/mol. The van der Waals surface area contributed by atoms with Crippen LogP contribution in [-0.4, -0.2) is 22.3 Å². The molecule has 2 aromatic carbocycles. The molecular formula is C26H24N2O5. The molecule has 2 unspecified atom stereocenters. The first-order chi connectivity index (χ1) is 15.9. The maximum atomic E-state index is 12.4. The molecule has 0 radical (unpaired) electrons. The Morgan fingerprint density at radius 3 is 2.73 bits per heavy atom. The Labute approximate surface area is 191 Å². The average Bonchev–Trinajstić information content (AvgIpc) is 3.16. The van der Waals surface area contributed by atoms with E-state index in [1.165, 1.54) is 0 Å². The molecule has 1 aromatic heterocycles. The van der Waals surface area contributed by atoms with Gasteiger partial charge >= 0.3 is 12.1 Å². The van der Waals surface area contributed by atoms with Gasteiger partial charge in [0, 0.05) is 5.56 Å². The second kappa shape index (κ2) is 9.61. The first-order valence-corrected chi connectivity index (χ1v) is 10.8. The van der Waals surface area contributed by atoms with Crippen molar-refractivity contribution in [1.29, 1.82) is 0 Å². The Morgan fingerprint density at radius 1 is 1.18 bits per heavy atom. The second-order valence-electron chi connectivity index (χ2n) is 8.07. The van der Waals surface area contributed by atoms with Crippen molar-refractivity contribution >= 4 is 17.7 Å². The number of aromatic nitrogens is 1. The molecule has 1 amide bonds. The Morgan fingerprint density at radius 2 is 1.97 bits per heavy atom. The molecule has 2 N–H and O–H groups in total. The number of carbonyl (C=O) groups excluding carboxylic acids is 1. The first kappa shape index (κ1) is 22.2. The molecule has 33 heavy (non-hydrogen) atoms. The summed E-state index contributed by atoms with van der Waals surface area (Å²) in [7, 11) is 0. The van der Waals surface area contributed by atoms with Crippen LogP contribution >= 0.6 is 0 Å². The number of aryl methyl sites for hydroxylation is 2. The minimum absolute atomic E-state index is 0.237. The first-order valence-electron chi connectivity index (χ1n) is 10.8. The van der Waals surface area contributed by atoms with E-state index in [1.807, 2.05) is 48.5 Å². The molecule has 0 saturated carbocycles. The summed E-state index contributed by atoms with van der Waals surface area (Å²) in [5.41, 5.74) is 4.70. The van der Waals surface area contributed by atoms with Crippen LogP contribution in [0.3, 0.4) is 0 Å². The van der Waals surface area contributed by atoms with Gasteiger partial charge in [0.2, 0.25) is 5.76 Å². The van der Waals surface area contributed by atoms with Gasteiger partial charge in [-0.25, -0.2) is 4.79 Å². The SMILES string of the molecule is Cc1noc(C#Cc2ccc3c(c2)CCC(C(=O)O)C3)c1NC(=O)OC(C)c1ccccc1. The number of hydrogen-bond donors (Lipinski definition) is 2. The molecular weight excluding hydrogens is 420 g/mol. The maximum Gasteiger partial charge on any atom is 0.412 e. The van der Waals surface area contributed by atoms with E-state index in [1.54, 1.807) is 13.8 Å². The molecule has 168 valence electrons. The number of anilines is 1. The van der Waals surface area contributed by atoms with Gasteiger partial charge in [0.05, 0.1) is 5.92 Å². The number of benzene rings is 2. The van der Waals surface area contributed by atoms with E-state index in [9.17, 15) is 14.7 Å². The number of aliphatic carboxylic acids is 1. The summed E-state index contributed by atoms with van der Waals surface area (Å²) >= 11 is 0. The number of carbonyl (C=O) groups is 2. The minimum atomic E-state index is -0.748. The van der Waals surface area contributed by atoms with Crippen LogP contribution in [0.1, 0.15) is 53.2 Å². The summed E-state index contributed by atoms with van der Waals surface area (Å²) in [5.74, 6) is 5.14. The van der Waals surface area contributed by atoms with Gasteiger partial charge in [-0.3, -0.25) is 10.1 Å². The summed E-state index contributed by atoms with van der Waals surface area (Å²) < 4.78 is 10.8. The van der Waals surface area contributed by atoms with Crippen molar-refractivity contribution in [1.82, 2.24) is 5.16 Å². The van der Waals surface area contributed by atoms with E-state index in [0.29, 0.717) is 30.6 Å². The predicted octanol–water partition coefficient (Wildman–Crippen LogP) is 4.88. The number of fused-ring (bicyclic) bond motifs is 1. The van der Waals surface area contributed by atoms with Crippen LogP contribution in [0.5, 0.6) is 0 Å². The van der Waals surface area contributed by atoms with Crippen molar-refractivity contribution in [2.75, 3.05) is 5.32 Å². The Hall–Kier alpha value is -4.05. The van der Waals surface area contributed by atoms with E-state index in [2.05, 4.69) is 22.3 Å². The summed E-state index contributed by atoms with van der Waals surface area (Å²) in [5, 5.41) is 15.8. The molecule has 7 nitrogen and oxygen atoms in total. The zero-order valence-electron chi connectivity index (χ0n) is 18.4. The number of carboxylic acids is 1. The highest BCUT2D eigenvalue weighted by molar-refractivity contribution is 5.87. The molecule has 7 heteroatoms. The molecule has 1 heterocycles. The number of nitrogens with zero attached hydrogens (tertiary/aromatic N) is 1. The molecule has 2 atom stereocenters. The molecule has 4 rings (SSSR count). The normalized spacial score (nSPS) is 15.5. The summed E-state index contributed by atoms with van der Waals surface area (Å²) in [6.07, 6.45) is 0.830. The fraction of sp³-hybridized carbons (Fsp3) is 0.269. The number of amides is 1. The van der Waals surface area contributed by atoms with Gasteiger partial charge in [-0.15, -0.1) is 0 Å². The minimum Gasteiger partial charge on any atom is -0.481 e. The van der Waals surface area contributed by atoms with Crippen LogP contribution in [0, 0.1) is 24.7 Å². The molecule has 3 aromatic rings. The van der Waals surface area contributed by atoms with Crippen LogP contribution in [0.4, 0.5) is 10.5 Å².